The van der Waals surface area contributed by atoms with E-state index >= 15 is 0 Å². The van der Waals surface area contributed by atoms with Crippen molar-refractivity contribution in [2.45, 2.75) is 0 Å². The van der Waals surface area contributed by atoms with Gasteiger partial charge in [0, 0.05) is 5.56 Å². The number of aromatic nitrogens is 1. The average molecular weight is 217 g/mol. The van der Waals surface area contributed by atoms with Gasteiger partial charge in [-0.05, 0) is 24.3 Å². The minimum atomic E-state index is 0.268. The van der Waals surface area contributed by atoms with Gasteiger partial charge in [-0.1, -0.05) is 0 Å². The molecule has 1 N–H and O–H groups in total. The second-order valence-electron chi connectivity index (χ2n) is 3.18. The van der Waals surface area contributed by atoms with Gasteiger partial charge in [-0.15, -0.1) is 11.3 Å². The molecule has 0 aliphatic heterocycles. The fourth-order valence-corrected chi connectivity index (χ4v) is 2.41. The van der Waals surface area contributed by atoms with Gasteiger partial charge in [-0.2, -0.15) is 0 Å². The zero-order chi connectivity index (χ0) is 10.3. The number of thiazole rings is 1. The number of hydrogen-bond donors (Lipinski definition) is 1. The van der Waals surface area contributed by atoms with Crippen molar-refractivity contribution in [2.24, 2.45) is 0 Å². The second kappa shape index (κ2) is 3.10. The minimum absolute atomic E-state index is 0.268. The van der Waals surface area contributed by atoms with E-state index in [1.165, 1.54) is 11.3 Å². The average Bonchev–Trinajstić information content (AvgIpc) is 2.84. The van der Waals surface area contributed by atoms with Crippen molar-refractivity contribution in [3.63, 3.8) is 0 Å². The fourth-order valence-electron chi connectivity index (χ4n) is 1.42. The highest BCUT2D eigenvalue weighted by Crippen LogP contribution is 2.31. The van der Waals surface area contributed by atoms with E-state index in [1.54, 1.807) is 24.7 Å². The Labute approximate surface area is 89.6 Å². The molecule has 2 aromatic heterocycles. The predicted octanol–water partition coefficient (Wildman–Crippen LogP) is 3.26. The number of furan rings is 1. The molecule has 2 heterocycles. The molecule has 0 atom stereocenters. The topological polar surface area (TPSA) is 46.3 Å². The third kappa shape index (κ3) is 1.39. The zero-order valence-corrected chi connectivity index (χ0v) is 8.49. The van der Waals surface area contributed by atoms with Gasteiger partial charge in [-0.3, -0.25) is 0 Å². The summed E-state index contributed by atoms with van der Waals surface area (Å²) in [6.07, 6.45) is 3.29. The first kappa shape index (κ1) is 8.49. The number of fused-ring (bicyclic) bond motifs is 1. The van der Waals surface area contributed by atoms with Crippen LogP contribution in [0.4, 0.5) is 0 Å². The molecule has 3 nitrogen and oxygen atoms in total. The highest BCUT2D eigenvalue weighted by atomic mass is 32.1. The Morgan fingerprint density at radius 2 is 2.20 bits per heavy atom. The van der Waals surface area contributed by atoms with Gasteiger partial charge in [0.05, 0.1) is 16.5 Å². The molecule has 4 heteroatoms. The van der Waals surface area contributed by atoms with Gasteiger partial charge in [0.25, 0.3) is 0 Å². The van der Waals surface area contributed by atoms with Crippen molar-refractivity contribution in [2.75, 3.05) is 0 Å². The van der Waals surface area contributed by atoms with E-state index in [9.17, 15) is 5.11 Å². The molecule has 0 saturated carbocycles. The molecule has 0 amide bonds. The van der Waals surface area contributed by atoms with Crippen LogP contribution in [0.25, 0.3) is 20.8 Å². The minimum Gasteiger partial charge on any atom is -0.508 e. The fraction of sp³-hybridized carbons (Fsp3) is 0. The van der Waals surface area contributed by atoms with Crippen LogP contribution in [0, 0.1) is 0 Å². The van der Waals surface area contributed by atoms with Crippen LogP contribution in [0.1, 0.15) is 0 Å². The standard InChI is InChI=1S/C11H7NO2S/c13-8-1-2-9-10(5-8)15-11(12-9)7-3-4-14-6-7/h1-6,13H. The molecule has 0 saturated heterocycles. The van der Waals surface area contributed by atoms with E-state index < -0.39 is 0 Å². The van der Waals surface area contributed by atoms with Crippen molar-refractivity contribution in [1.82, 2.24) is 4.98 Å². The van der Waals surface area contributed by atoms with Crippen molar-refractivity contribution in [3.05, 3.63) is 36.8 Å². The molecule has 3 aromatic rings. The highest BCUT2D eigenvalue weighted by molar-refractivity contribution is 7.21. The van der Waals surface area contributed by atoms with Crippen molar-refractivity contribution < 1.29 is 9.52 Å². The van der Waals surface area contributed by atoms with Crippen LogP contribution in [-0.4, -0.2) is 10.1 Å². The van der Waals surface area contributed by atoms with E-state index in [1.807, 2.05) is 12.1 Å². The number of rotatable bonds is 1. The van der Waals surface area contributed by atoms with Gasteiger partial charge < -0.3 is 9.52 Å². The number of phenols is 1. The first-order chi connectivity index (χ1) is 7.33. The number of aromatic hydroxyl groups is 1. The molecular weight excluding hydrogens is 210 g/mol. The van der Waals surface area contributed by atoms with Crippen LogP contribution < -0.4 is 0 Å². The van der Waals surface area contributed by atoms with Crippen LogP contribution in [-0.2, 0) is 0 Å². The molecule has 0 unspecified atom stereocenters. The summed E-state index contributed by atoms with van der Waals surface area (Å²) in [6, 6.07) is 7.04. The molecule has 15 heavy (non-hydrogen) atoms. The Hall–Kier alpha value is -1.81. The quantitative estimate of drug-likeness (QED) is 0.680. The predicted molar refractivity (Wildman–Crippen MR) is 59.0 cm³/mol. The summed E-state index contributed by atoms with van der Waals surface area (Å²) in [4.78, 5) is 4.44. The van der Waals surface area contributed by atoms with Gasteiger partial charge in [0.15, 0.2) is 0 Å². The van der Waals surface area contributed by atoms with Gasteiger partial charge in [0.1, 0.15) is 17.0 Å². The monoisotopic (exact) mass is 217 g/mol. The van der Waals surface area contributed by atoms with E-state index in [0.29, 0.717) is 0 Å². The second-order valence-corrected chi connectivity index (χ2v) is 4.21. The molecule has 0 fully saturated rings. The Balaban J connectivity index is 2.22. The first-order valence-electron chi connectivity index (χ1n) is 4.45. The van der Waals surface area contributed by atoms with E-state index in [4.69, 9.17) is 4.42 Å². The Kier molecular flexibility index (Phi) is 1.76. The molecule has 0 spiro atoms. The Bertz CT molecular complexity index is 598. The van der Waals surface area contributed by atoms with Crippen LogP contribution >= 0.6 is 11.3 Å². The third-order valence-electron chi connectivity index (χ3n) is 2.14. The summed E-state index contributed by atoms with van der Waals surface area (Å²) in [6.45, 7) is 0. The Morgan fingerprint density at radius 1 is 1.27 bits per heavy atom. The lowest BCUT2D eigenvalue weighted by atomic mass is 10.3. The summed E-state index contributed by atoms with van der Waals surface area (Å²) in [7, 11) is 0. The molecule has 0 bridgehead atoms. The molecule has 0 aliphatic rings. The van der Waals surface area contributed by atoms with Crippen molar-refractivity contribution in [3.8, 4) is 16.3 Å². The van der Waals surface area contributed by atoms with Gasteiger partial charge >= 0.3 is 0 Å². The van der Waals surface area contributed by atoms with Crippen LogP contribution in [0.2, 0.25) is 0 Å². The summed E-state index contributed by atoms with van der Waals surface area (Å²) >= 11 is 1.54. The van der Waals surface area contributed by atoms with Crippen molar-refractivity contribution in [1.29, 1.82) is 0 Å². The zero-order valence-electron chi connectivity index (χ0n) is 7.68. The summed E-state index contributed by atoms with van der Waals surface area (Å²) < 4.78 is 5.98. The summed E-state index contributed by atoms with van der Waals surface area (Å²) in [5.41, 5.74) is 1.87. The van der Waals surface area contributed by atoms with E-state index in [2.05, 4.69) is 4.98 Å². The van der Waals surface area contributed by atoms with Crippen LogP contribution in [0.5, 0.6) is 5.75 Å². The number of nitrogens with zero attached hydrogens (tertiary/aromatic N) is 1. The van der Waals surface area contributed by atoms with Crippen molar-refractivity contribution >= 4 is 21.6 Å². The molecule has 1 aromatic carbocycles. The largest absolute Gasteiger partial charge is 0.508 e. The number of phenolic OH excluding ortho intramolecular Hbond substituents is 1. The normalized spacial score (nSPS) is 10.9. The summed E-state index contributed by atoms with van der Waals surface area (Å²) in [5.74, 6) is 0.268. The van der Waals surface area contributed by atoms with Gasteiger partial charge in [-0.25, -0.2) is 4.98 Å². The maximum atomic E-state index is 9.33. The lowest BCUT2D eigenvalue weighted by molar-refractivity contribution is 0.476. The molecular formula is C11H7NO2S. The molecule has 3 rings (SSSR count). The first-order valence-corrected chi connectivity index (χ1v) is 5.27. The van der Waals surface area contributed by atoms with E-state index in [0.717, 1.165) is 20.8 Å². The number of hydrogen-bond acceptors (Lipinski definition) is 4. The highest BCUT2D eigenvalue weighted by Gasteiger charge is 2.07. The van der Waals surface area contributed by atoms with Crippen LogP contribution in [0.15, 0.2) is 41.2 Å². The molecule has 0 aliphatic carbocycles. The molecule has 74 valence electrons. The number of benzene rings is 1. The van der Waals surface area contributed by atoms with Gasteiger partial charge in [0.2, 0.25) is 0 Å². The molecule has 0 radical (unpaired) electrons. The lowest BCUT2D eigenvalue weighted by Gasteiger charge is -1.87. The maximum absolute atomic E-state index is 9.33. The lowest BCUT2D eigenvalue weighted by Crippen LogP contribution is -1.69. The summed E-state index contributed by atoms with van der Waals surface area (Å²) in [5, 5.41) is 10.2. The maximum Gasteiger partial charge on any atom is 0.127 e. The third-order valence-corrected chi connectivity index (χ3v) is 3.21. The smallest absolute Gasteiger partial charge is 0.127 e. The Morgan fingerprint density at radius 3 is 3.00 bits per heavy atom. The SMILES string of the molecule is Oc1ccc2nc(-c3ccoc3)sc2c1. The van der Waals surface area contributed by atoms with Crippen LogP contribution in [0.3, 0.4) is 0 Å². The van der Waals surface area contributed by atoms with E-state index in [-0.39, 0.29) is 5.75 Å².